The number of nitrogens with zero attached hydrogens (tertiary/aromatic N) is 2. The van der Waals surface area contributed by atoms with Gasteiger partial charge in [-0.1, -0.05) is 84.9 Å². The van der Waals surface area contributed by atoms with Crippen molar-refractivity contribution in [1.82, 2.24) is 0 Å². The average molecular weight is 686 g/mol. The molecule has 4 aromatic rings. The van der Waals surface area contributed by atoms with Crippen LogP contribution in [0.3, 0.4) is 0 Å². The average Bonchev–Trinajstić information content (AvgIpc) is 3.06. The van der Waals surface area contributed by atoms with Crippen molar-refractivity contribution < 1.29 is 16.5 Å². The van der Waals surface area contributed by atoms with Crippen molar-refractivity contribution >= 4 is 81.5 Å². The van der Waals surface area contributed by atoms with E-state index < -0.39 is 0 Å². The summed E-state index contributed by atoms with van der Waals surface area (Å²) in [7, 11) is 0. The van der Waals surface area contributed by atoms with Crippen molar-refractivity contribution in [2.75, 3.05) is 36.0 Å². The van der Waals surface area contributed by atoms with E-state index in [9.17, 15) is 0 Å². The van der Waals surface area contributed by atoms with Crippen molar-refractivity contribution in [3.8, 4) is 0 Å². The number of benzene rings is 4. The van der Waals surface area contributed by atoms with Gasteiger partial charge in [-0.15, -0.1) is 0 Å². The van der Waals surface area contributed by atoms with E-state index in [0.717, 1.165) is 68.1 Å². The van der Waals surface area contributed by atoms with Crippen LogP contribution in [0.2, 0.25) is 0 Å². The Morgan fingerprint density at radius 1 is 0.395 bits per heavy atom. The SMILES string of the molecule is CCN(CC)c1ccc(/C([S-])=C(/[S-])c2ccccc2)cc1.CCN(CC)c1ccc(/C([S-])=C(/[S-])c2ccccc2)cc1.[Ni]. The van der Waals surface area contributed by atoms with E-state index in [0.29, 0.717) is 0 Å². The molecule has 0 aromatic heterocycles. The van der Waals surface area contributed by atoms with E-state index in [4.69, 9.17) is 50.5 Å². The van der Waals surface area contributed by atoms with Gasteiger partial charge in [-0.2, -0.15) is 19.6 Å². The third kappa shape index (κ3) is 10.2. The molecule has 0 N–H and O–H groups in total. The molecule has 0 aliphatic rings. The Hall–Kier alpha value is -2.67. The van der Waals surface area contributed by atoms with Crippen LogP contribution in [0, 0.1) is 0 Å². The van der Waals surface area contributed by atoms with Gasteiger partial charge >= 0.3 is 0 Å². The minimum atomic E-state index is 0. The maximum atomic E-state index is 5.54. The minimum Gasteiger partial charge on any atom is -0.781 e. The van der Waals surface area contributed by atoms with Crippen LogP contribution in [0.25, 0.3) is 19.6 Å². The standard InChI is InChI=1S/2C18H21NS2.Ni/c2*1-3-19(4-2)16-12-10-15(11-13-16)18(21)17(20)14-8-6-5-7-9-14;/h2*5-13,20-21H,3-4H2,1-2H3;/p-4/b2*18-17-;. The normalized spacial score (nSPS) is 11.6. The molecule has 0 aliphatic carbocycles. The summed E-state index contributed by atoms with van der Waals surface area (Å²) >= 11 is 22.1. The summed E-state index contributed by atoms with van der Waals surface area (Å²) in [5.74, 6) is 0. The van der Waals surface area contributed by atoms with Crippen molar-refractivity contribution in [2.24, 2.45) is 0 Å². The molecule has 0 spiro atoms. The van der Waals surface area contributed by atoms with Crippen molar-refractivity contribution in [2.45, 2.75) is 27.7 Å². The monoisotopic (exact) mass is 684 g/mol. The van der Waals surface area contributed by atoms with Crippen LogP contribution in [0.4, 0.5) is 11.4 Å². The second kappa shape index (κ2) is 18.9. The van der Waals surface area contributed by atoms with Crippen LogP contribution >= 0.6 is 0 Å². The van der Waals surface area contributed by atoms with Gasteiger partial charge in [0.1, 0.15) is 0 Å². The molecule has 4 rings (SSSR count). The molecular formula is C36H38N2NiS4-4. The predicted molar refractivity (Wildman–Crippen MR) is 196 cm³/mol. The van der Waals surface area contributed by atoms with Gasteiger partial charge in [0.25, 0.3) is 0 Å². The van der Waals surface area contributed by atoms with Gasteiger partial charge in [0.2, 0.25) is 0 Å². The summed E-state index contributed by atoms with van der Waals surface area (Å²) in [6.07, 6.45) is 0. The smallest absolute Gasteiger partial charge is 0.0366 e. The molecule has 0 atom stereocenters. The van der Waals surface area contributed by atoms with Gasteiger partial charge in [-0.3, -0.25) is 0 Å². The van der Waals surface area contributed by atoms with Gasteiger partial charge in [-0.05, 0) is 74.2 Å². The van der Waals surface area contributed by atoms with Gasteiger partial charge in [0.05, 0.1) is 0 Å². The number of hydrogen-bond acceptors (Lipinski definition) is 6. The summed E-state index contributed by atoms with van der Waals surface area (Å²) in [6.45, 7) is 12.6. The van der Waals surface area contributed by atoms with E-state index in [1.807, 2.05) is 60.7 Å². The number of rotatable bonds is 10. The molecule has 0 saturated heterocycles. The van der Waals surface area contributed by atoms with Gasteiger partial charge in [0, 0.05) is 54.0 Å². The summed E-state index contributed by atoms with van der Waals surface area (Å²) in [5.41, 5.74) is 6.47. The Bertz CT molecular complexity index is 1320. The Morgan fingerprint density at radius 2 is 0.628 bits per heavy atom. The molecule has 0 saturated carbocycles. The summed E-state index contributed by atoms with van der Waals surface area (Å²) in [6, 6.07) is 36.6. The maximum Gasteiger partial charge on any atom is 0.0366 e. The van der Waals surface area contributed by atoms with Gasteiger partial charge in [-0.25, -0.2) is 0 Å². The van der Waals surface area contributed by atoms with E-state index in [1.54, 1.807) is 0 Å². The zero-order chi connectivity index (χ0) is 30.5. The minimum absolute atomic E-state index is 0. The second-order valence-electron chi connectivity index (χ2n) is 9.49. The van der Waals surface area contributed by atoms with Crippen molar-refractivity contribution in [3.63, 3.8) is 0 Å². The second-order valence-corrected chi connectivity index (χ2v) is 11.1. The molecule has 0 heterocycles. The number of anilines is 2. The molecule has 230 valence electrons. The molecule has 4 aromatic carbocycles. The van der Waals surface area contributed by atoms with Crippen molar-refractivity contribution in [3.05, 3.63) is 131 Å². The van der Waals surface area contributed by atoms with E-state index in [2.05, 4.69) is 86.0 Å². The Balaban J connectivity index is 0.000000293. The molecule has 0 amide bonds. The largest absolute Gasteiger partial charge is 0.781 e. The molecular weight excluding hydrogens is 647 g/mol. The topological polar surface area (TPSA) is 6.48 Å². The number of hydrogen-bond donors (Lipinski definition) is 0. The molecule has 0 bridgehead atoms. The molecule has 0 radical (unpaired) electrons. The first-order chi connectivity index (χ1) is 20.3. The Morgan fingerprint density at radius 3 is 0.860 bits per heavy atom. The van der Waals surface area contributed by atoms with Crippen molar-refractivity contribution in [1.29, 1.82) is 0 Å². The fourth-order valence-corrected chi connectivity index (χ4v) is 5.54. The maximum absolute atomic E-state index is 5.54. The molecule has 0 aliphatic heterocycles. The van der Waals surface area contributed by atoms with Crippen LogP contribution in [0.1, 0.15) is 49.9 Å². The Kier molecular flexibility index (Phi) is 16.0. The zero-order valence-electron chi connectivity index (χ0n) is 25.1. The Labute approximate surface area is 291 Å². The molecule has 0 fully saturated rings. The third-order valence-corrected chi connectivity index (χ3v) is 9.02. The molecule has 7 heteroatoms. The summed E-state index contributed by atoms with van der Waals surface area (Å²) < 4.78 is 0. The van der Waals surface area contributed by atoms with Gasteiger partial charge in [0.15, 0.2) is 0 Å². The van der Waals surface area contributed by atoms with Crippen LogP contribution in [0.15, 0.2) is 109 Å². The molecule has 0 unspecified atom stereocenters. The quantitative estimate of drug-likeness (QED) is 0.0929. The van der Waals surface area contributed by atoms with Crippen LogP contribution < -0.4 is 9.80 Å². The third-order valence-electron chi connectivity index (χ3n) is 7.00. The van der Waals surface area contributed by atoms with E-state index in [-0.39, 0.29) is 16.5 Å². The van der Waals surface area contributed by atoms with E-state index in [1.165, 1.54) is 11.4 Å². The van der Waals surface area contributed by atoms with Gasteiger partial charge < -0.3 is 60.3 Å². The van der Waals surface area contributed by atoms with Crippen LogP contribution in [0.5, 0.6) is 0 Å². The first-order valence-electron chi connectivity index (χ1n) is 14.3. The first kappa shape index (κ1) is 36.5. The van der Waals surface area contributed by atoms with E-state index >= 15 is 0 Å². The van der Waals surface area contributed by atoms with Crippen LogP contribution in [-0.4, -0.2) is 26.2 Å². The fourth-order valence-electron chi connectivity index (χ4n) is 4.53. The van der Waals surface area contributed by atoms with Crippen LogP contribution in [-0.2, 0) is 67.0 Å². The summed E-state index contributed by atoms with van der Waals surface area (Å²) in [4.78, 5) is 7.57. The summed E-state index contributed by atoms with van der Waals surface area (Å²) in [5, 5.41) is 0. The molecule has 2 nitrogen and oxygen atoms in total. The zero-order valence-corrected chi connectivity index (χ0v) is 29.3. The first-order valence-corrected chi connectivity index (χ1v) is 16.0. The molecule has 43 heavy (non-hydrogen) atoms. The predicted octanol–water partition coefficient (Wildman–Crippen LogP) is 8.90. The fraction of sp³-hybridized carbons (Fsp3) is 0.222.